The van der Waals surface area contributed by atoms with Crippen molar-refractivity contribution in [3.05, 3.63) is 101 Å². The molecule has 0 bridgehead atoms. The molecule has 0 aliphatic heterocycles. The summed E-state index contributed by atoms with van der Waals surface area (Å²) in [6.07, 6.45) is 6.19. The molecule has 1 saturated carbocycles. The minimum absolute atomic E-state index is 0.0424. The lowest BCUT2D eigenvalue weighted by molar-refractivity contribution is 0.0325. The maximum atomic E-state index is 14.9. The van der Waals surface area contributed by atoms with E-state index >= 15 is 0 Å². The third-order valence-corrected chi connectivity index (χ3v) is 6.96. The van der Waals surface area contributed by atoms with E-state index in [9.17, 15) is 13.2 Å². The third-order valence-electron chi connectivity index (χ3n) is 6.96. The molecule has 0 spiro atoms. The second-order valence-electron chi connectivity index (χ2n) is 9.31. The summed E-state index contributed by atoms with van der Waals surface area (Å²) in [6.45, 7) is 6.57. The average molecular weight is 495 g/mol. The van der Waals surface area contributed by atoms with Crippen molar-refractivity contribution >= 4 is 0 Å². The zero-order valence-electron chi connectivity index (χ0n) is 20.7. The van der Waals surface area contributed by atoms with Gasteiger partial charge in [0, 0.05) is 18.2 Å². The molecular formula is C31H33F3O2. The van der Waals surface area contributed by atoms with Crippen LogP contribution in [-0.2, 0) is 17.6 Å². The average Bonchev–Trinajstić information content (AvgIpc) is 2.90. The third kappa shape index (κ3) is 6.19. The van der Waals surface area contributed by atoms with Gasteiger partial charge in [-0.15, -0.1) is 0 Å². The highest BCUT2D eigenvalue weighted by Gasteiger charge is 2.26. The molecule has 2 nitrogen and oxygen atoms in total. The molecule has 3 aromatic carbocycles. The Hall–Kier alpha value is -3.05. The van der Waals surface area contributed by atoms with Gasteiger partial charge in [-0.1, -0.05) is 49.1 Å². The summed E-state index contributed by atoms with van der Waals surface area (Å²) < 4.78 is 55.4. The standard InChI is InChI=1S/C31H33F3O2/c1-3-19-36-26-16-18-27(29(32)20-26)22-8-5-21(6-9-22)7-10-24-13-17-28(31(34)30(24)33)23-11-14-25(15-12-23)35-4-2/h3,5-6,8-9,13,16-18,20,23,25H,1,4,7,10-12,14-15,19H2,2H3. The first kappa shape index (κ1) is 26.0. The van der Waals surface area contributed by atoms with Gasteiger partial charge in [-0.05, 0) is 85.8 Å². The van der Waals surface area contributed by atoms with Crippen molar-refractivity contribution in [3.63, 3.8) is 0 Å². The van der Waals surface area contributed by atoms with Crippen LogP contribution in [0, 0.1) is 17.5 Å². The smallest absolute Gasteiger partial charge is 0.162 e. The van der Waals surface area contributed by atoms with Gasteiger partial charge in [-0.3, -0.25) is 0 Å². The van der Waals surface area contributed by atoms with E-state index in [0.717, 1.165) is 36.8 Å². The van der Waals surface area contributed by atoms with Crippen molar-refractivity contribution in [2.75, 3.05) is 13.2 Å². The highest BCUT2D eigenvalue weighted by molar-refractivity contribution is 5.65. The molecule has 0 radical (unpaired) electrons. The number of benzene rings is 3. The van der Waals surface area contributed by atoms with Gasteiger partial charge in [0.15, 0.2) is 11.6 Å². The molecule has 4 rings (SSSR count). The van der Waals surface area contributed by atoms with Gasteiger partial charge in [0.2, 0.25) is 0 Å². The lowest BCUT2D eigenvalue weighted by atomic mass is 9.82. The van der Waals surface area contributed by atoms with Gasteiger partial charge < -0.3 is 9.47 Å². The molecule has 36 heavy (non-hydrogen) atoms. The van der Waals surface area contributed by atoms with Crippen LogP contribution in [0.4, 0.5) is 13.2 Å². The topological polar surface area (TPSA) is 18.5 Å². The van der Waals surface area contributed by atoms with Crippen LogP contribution in [0.3, 0.4) is 0 Å². The molecule has 0 amide bonds. The minimum atomic E-state index is -0.739. The van der Waals surface area contributed by atoms with Gasteiger partial charge in [0.05, 0.1) is 6.10 Å². The van der Waals surface area contributed by atoms with E-state index < -0.39 is 11.6 Å². The van der Waals surface area contributed by atoms with Gasteiger partial charge >= 0.3 is 0 Å². The summed E-state index contributed by atoms with van der Waals surface area (Å²) in [6, 6.07) is 15.7. The maximum Gasteiger partial charge on any atom is 0.162 e. The Morgan fingerprint density at radius 2 is 1.64 bits per heavy atom. The highest BCUT2D eigenvalue weighted by Crippen LogP contribution is 2.36. The van der Waals surface area contributed by atoms with Crippen LogP contribution >= 0.6 is 0 Å². The number of aryl methyl sites for hydroxylation is 2. The Morgan fingerprint density at radius 1 is 0.889 bits per heavy atom. The summed E-state index contributed by atoms with van der Waals surface area (Å²) >= 11 is 0. The van der Waals surface area contributed by atoms with Gasteiger partial charge in [-0.25, -0.2) is 13.2 Å². The van der Waals surface area contributed by atoms with E-state index in [1.807, 2.05) is 31.2 Å². The Balaban J connectivity index is 1.38. The van der Waals surface area contributed by atoms with Crippen molar-refractivity contribution in [1.29, 1.82) is 0 Å². The highest BCUT2D eigenvalue weighted by atomic mass is 19.2. The quantitative estimate of drug-likeness (QED) is 0.265. The van der Waals surface area contributed by atoms with E-state index in [1.54, 1.807) is 30.3 Å². The second-order valence-corrected chi connectivity index (χ2v) is 9.31. The van der Waals surface area contributed by atoms with Gasteiger partial charge in [-0.2, -0.15) is 0 Å². The number of rotatable bonds is 10. The van der Waals surface area contributed by atoms with Crippen molar-refractivity contribution in [2.24, 2.45) is 0 Å². The maximum absolute atomic E-state index is 14.9. The molecule has 0 saturated heterocycles. The normalized spacial score (nSPS) is 17.7. The van der Waals surface area contributed by atoms with E-state index in [2.05, 4.69) is 6.58 Å². The van der Waals surface area contributed by atoms with E-state index in [0.29, 0.717) is 48.5 Å². The molecule has 0 atom stereocenters. The largest absolute Gasteiger partial charge is 0.489 e. The molecule has 1 fully saturated rings. The van der Waals surface area contributed by atoms with E-state index in [4.69, 9.17) is 9.47 Å². The Bertz CT molecular complexity index is 1170. The van der Waals surface area contributed by atoms with Crippen LogP contribution < -0.4 is 4.74 Å². The molecule has 0 N–H and O–H groups in total. The van der Waals surface area contributed by atoms with Crippen molar-refractivity contribution in [2.45, 2.75) is 57.5 Å². The molecule has 0 heterocycles. The summed E-state index contributed by atoms with van der Waals surface area (Å²) in [4.78, 5) is 0. The predicted octanol–water partition coefficient (Wildman–Crippen LogP) is 8.18. The number of hydrogen-bond acceptors (Lipinski definition) is 2. The van der Waals surface area contributed by atoms with E-state index in [-0.39, 0.29) is 17.8 Å². The van der Waals surface area contributed by atoms with Crippen LogP contribution in [0.25, 0.3) is 11.1 Å². The fourth-order valence-corrected chi connectivity index (χ4v) is 4.99. The number of ether oxygens (including phenoxy) is 2. The molecule has 3 aromatic rings. The Morgan fingerprint density at radius 3 is 2.31 bits per heavy atom. The van der Waals surface area contributed by atoms with Crippen LogP contribution in [0.2, 0.25) is 0 Å². The number of halogens is 3. The summed E-state index contributed by atoms with van der Waals surface area (Å²) in [5, 5.41) is 0. The van der Waals surface area contributed by atoms with Gasteiger partial charge in [0.25, 0.3) is 0 Å². The van der Waals surface area contributed by atoms with Gasteiger partial charge in [0.1, 0.15) is 18.2 Å². The second kappa shape index (κ2) is 12.3. The first-order valence-electron chi connectivity index (χ1n) is 12.7. The zero-order chi connectivity index (χ0) is 25.5. The van der Waals surface area contributed by atoms with Crippen molar-refractivity contribution in [1.82, 2.24) is 0 Å². The Labute approximate surface area is 211 Å². The summed E-state index contributed by atoms with van der Waals surface area (Å²) in [5.41, 5.74) is 3.06. The SMILES string of the molecule is C=CCOc1ccc(-c2ccc(CCc3ccc(C4CCC(OCC)CC4)c(F)c3F)cc2)c(F)c1. The van der Waals surface area contributed by atoms with Crippen LogP contribution in [0.1, 0.15) is 55.2 Å². The van der Waals surface area contributed by atoms with Crippen molar-refractivity contribution < 1.29 is 22.6 Å². The Kier molecular flexibility index (Phi) is 8.87. The predicted molar refractivity (Wildman–Crippen MR) is 138 cm³/mol. The summed E-state index contributed by atoms with van der Waals surface area (Å²) in [5.74, 6) is -1.32. The molecule has 5 heteroatoms. The van der Waals surface area contributed by atoms with E-state index in [1.165, 1.54) is 6.07 Å². The molecule has 0 unspecified atom stereocenters. The summed E-state index contributed by atoms with van der Waals surface area (Å²) in [7, 11) is 0. The zero-order valence-corrected chi connectivity index (χ0v) is 20.7. The molecule has 190 valence electrons. The lowest BCUT2D eigenvalue weighted by Crippen LogP contribution is -2.21. The fourth-order valence-electron chi connectivity index (χ4n) is 4.99. The first-order valence-corrected chi connectivity index (χ1v) is 12.7. The molecule has 1 aliphatic rings. The molecular weight excluding hydrogens is 461 g/mol. The first-order chi connectivity index (χ1) is 17.5. The van der Waals surface area contributed by atoms with Crippen molar-refractivity contribution in [3.8, 4) is 16.9 Å². The fraction of sp³-hybridized carbons (Fsp3) is 0.355. The van der Waals surface area contributed by atoms with Crippen LogP contribution in [-0.4, -0.2) is 19.3 Å². The molecule has 0 aromatic heterocycles. The monoisotopic (exact) mass is 494 g/mol. The number of hydrogen-bond donors (Lipinski definition) is 0. The molecule has 1 aliphatic carbocycles. The van der Waals surface area contributed by atoms with Crippen LogP contribution in [0.5, 0.6) is 5.75 Å². The van der Waals surface area contributed by atoms with Crippen LogP contribution in [0.15, 0.2) is 67.3 Å². The minimum Gasteiger partial charge on any atom is -0.489 e. The lowest BCUT2D eigenvalue weighted by Gasteiger charge is -2.29.